The molecule has 0 N–H and O–H groups in total. The molecule has 0 atom stereocenters. The maximum Gasteiger partial charge on any atom is 0.124 e. The fourth-order valence-electron chi connectivity index (χ4n) is 2.34. The molecule has 3 aromatic rings. The van der Waals surface area contributed by atoms with Crippen molar-refractivity contribution < 1.29 is 4.52 Å². The summed E-state index contributed by atoms with van der Waals surface area (Å²) < 4.78 is 7.07. The molecule has 2 heterocycles. The molecule has 5 heteroatoms. The minimum absolute atomic E-state index is 0.557. The molecule has 0 aliphatic carbocycles. The second kappa shape index (κ2) is 5.05. The second-order valence-electron chi connectivity index (χ2n) is 4.49. The molecule has 0 unspecified atom stereocenters. The smallest absolute Gasteiger partial charge is 0.124 e. The lowest BCUT2D eigenvalue weighted by Gasteiger charge is -2.07. The third-order valence-corrected chi connectivity index (χ3v) is 3.37. The van der Waals surface area contributed by atoms with E-state index in [0.29, 0.717) is 12.4 Å². The molecule has 2 aromatic heterocycles. The highest BCUT2D eigenvalue weighted by Gasteiger charge is 2.13. The van der Waals surface area contributed by atoms with E-state index in [1.165, 1.54) is 5.56 Å². The molecule has 3 rings (SSSR count). The standard InChI is InChI=1S/C14H14ClN3O/c1-10-3-2-4-12-14(10)18(13(16-12)5-7-15)9-11-6-8-19-17-11/h2-4,6,8H,5,7,9H2,1H3. The Hall–Kier alpha value is -1.81. The van der Waals surface area contributed by atoms with E-state index in [2.05, 4.69) is 27.7 Å². The van der Waals surface area contributed by atoms with E-state index >= 15 is 0 Å². The molecule has 0 aliphatic rings. The van der Waals surface area contributed by atoms with Crippen molar-refractivity contribution in [2.45, 2.75) is 19.9 Å². The van der Waals surface area contributed by atoms with Crippen molar-refractivity contribution in [2.24, 2.45) is 0 Å². The molecule has 0 spiro atoms. The largest absolute Gasteiger partial charge is 0.364 e. The van der Waals surface area contributed by atoms with Crippen molar-refractivity contribution in [1.82, 2.24) is 14.7 Å². The van der Waals surface area contributed by atoms with Crippen molar-refractivity contribution in [1.29, 1.82) is 0 Å². The first-order valence-corrected chi connectivity index (χ1v) is 6.73. The number of aryl methyl sites for hydroxylation is 2. The molecule has 0 fully saturated rings. The van der Waals surface area contributed by atoms with Crippen LogP contribution in [0, 0.1) is 6.92 Å². The normalized spacial score (nSPS) is 11.3. The Morgan fingerprint density at radius 1 is 1.32 bits per heavy atom. The first-order chi connectivity index (χ1) is 9.29. The van der Waals surface area contributed by atoms with Gasteiger partial charge in [-0.05, 0) is 18.6 Å². The van der Waals surface area contributed by atoms with Gasteiger partial charge in [-0.3, -0.25) is 0 Å². The SMILES string of the molecule is Cc1cccc2nc(CCCl)n(Cc3ccon3)c12. The maximum absolute atomic E-state index is 5.87. The molecule has 0 radical (unpaired) electrons. The van der Waals surface area contributed by atoms with Crippen LogP contribution in [0.3, 0.4) is 0 Å². The highest BCUT2D eigenvalue weighted by Crippen LogP contribution is 2.21. The van der Waals surface area contributed by atoms with Crippen LogP contribution in [0.1, 0.15) is 17.1 Å². The minimum atomic E-state index is 0.557. The fraction of sp³-hybridized carbons (Fsp3) is 0.286. The molecule has 0 saturated heterocycles. The number of fused-ring (bicyclic) bond motifs is 1. The lowest BCUT2D eigenvalue weighted by atomic mass is 10.2. The van der Waals surface area contributed by atoms with Gasteiger partial charge in [0, 0.05) is 18.4 Å². The number of benzene rings is 1. The van der Waals surface area contributed by atoms with E-state index in [0.717, 1.165) is 29.0 Å². The van der Waals surface area contributed by atoms with Crippen molar-refractivity contribution in [3.8, 4) is 0 Å². The molecule has 98 valence electrons. The number of aromatic nitrogens is 3. The van der Waals surface area contributed by atoms with Gasteiger partial charge in [0.2, 0.25) is 0 Å². The van der Waals surface area contributed by atoms with E-state index < -0.39 is 0 Å². The van der Waals surface area contributed by atoms with Crippen molar-refractivity contribution >= 4 is 22.6 Å². The van der Waals surface area contributed by atoms with Crippen LogP contribution in [0.25, 0.3) is 11.0 Å². The summed E-state index contributed by atoms with van der Waals surface area (Å²) in [5.41, 5.74) is 4.24. The van der Waals surface area contributed by atoms with E-state index in [4.69, 9.17) is 16.1 Å². The summed E-state index contributed by atoms with van der Waals surface area (Å²) in [6.45, 7) is 2.75. The maximum atomic E-state index is 5.87. The Morgan fingerprint density at radius 3 is 2.95 bits per heavy atom. The number of nitrogens with zero attached hydrogens (tertiary/aromatic N) is 3. The fourth-order valence-corrected chi connectivity index (χ4v) is 2.51. The summed E-state index contributed by atoms with van der Waals surface area (Å²) in [7, 11) is 0. The highest BCUT2D eigenvalue weighted by atomic mass is 35.5. The van der Waals surface area contributed by atoms with E-state index in [1.54, 1.807) is 6.26 Å². The Balaban J connectivity index is 2.15. The average Bonchev–Trinajstić information content (AvgIpc) is 3.00. The lowest BCUT2D eigenvalue weighted by Crippen LogP contribution is -2.06. The number of hydrogen-bond acceptors (Lipinski definition) is 3. The van der Waals surface area contributed by atoms with Crippen LogP contribution in [-0.2, 0) is 13.0 Å². The predicted octanol–water partition coefficient (Wildman–Crippen LogP) is 3.16. The number of imidazole rings is 1. The topological polar surface area (TPSA) is 43.9 Å². The quantitative estimate of drug-likeness (QED) is 0.687. The van der Waals surface area contributed by atoms with Crippen molar-refractivity contribution in [3.05, 3.63) is 47.6 Å². The molecule has 4 nitrogen and oxygen atoms in total. The van der Waals surface area contributed by atoms with Gasteiger partial charge in [-0.15, -0.1) is 11.6 Å². The first-order valence-electron chi connectivity index (χ1n) is 6.19. The number of para-hydroxylation sites is 1. The molecular weight excluding hydrogens is 262 g/mol. The van der Waals surface area contributed by atoms with Gasteiger partial charge in [0.15, 0.2) is 0 Å². The van der Waals surface area contributed by atoms with Gasteiger partial charge in [0.05, 0.1) is 17.6 Å². The zero-order valence-corrected chi connectivity index (χ0v) is 11.4. The molecule has 0 aliphatic heterocycles. The average molecular weight is 276 g/mol. The summed E-state index contributed by atoms with van der Waals surface area (Å²) in [5, 5.41) is 3.97. The van der Waals surface area contributed by atoms with E-state index in [1.807, 2.05) is 18.2 Å². The summed E-state index contributed by atoms with van der Waals surface area (Å²) in [6.07, 6.45) is 2.33. The molecule has 19 heavy (non-hydrogen) atoms. The van der Waals surface area contributed by atoms with Crippen molar-refractivity contribution in [2.75, 3.05) is 5.88 Å². The Kier molecular flexibility index (Phi) is 3.25. The Bertz CT molecular complexity index is 688. The summed E-state index contributed by atoms with van der Waals surface area (Å²) in [5.74, 6) is 1.54. The van der Waals surface area contributed by atoms with Crippen LogP contribution in [-0.4, -0.2) is 20.6 Å². The molecule has 0 amide bonds. The van der Waals surface area contributed by atoms with Crippen LogP contribution >= 0.6 is 11.6 Å². The number of rotatable bonds is 4. The first kappa shape index (κ1) is 12.2. The monoisotopic (exact) mass is 275 g/mol. The number of alkyl halides is 1. The summed E-state index contributed by atoms with van der Waals surface area (Å²) in [4.78, 5) is 4.66. The zero-order chi connectivity index (χ0) is 13.2. The van der Waals surface area contributed by atoms with Gasteiger partial charge in [-0.25, -0.2) is 4.98 Å². The highest BCUT2D eigenvalue weighted by molar-refractivity contribution is 6.17. The van der Waals surface area contributed by atoms with Crippen LogP contribution in [0.5, 0.6) is 0 Å². The second-order valence-corrected chi connectivity index (χ2v) is 4.86. The number of halogens is 1. The van der Waals surface area contributed by atoms with Gasteiger partial charge in [-0.1, -0.05) is 17.3 Å². The van der Waals surface area contributed by atoms with Gasteiger partial charge in [0.25, 0.3) is 0 Å². The lowest BCUT2D eigenvalue weighted by molar-refractivity contribution is 0.409. The van der Waals surface area contributed by atoms with E-state index in [-0.39, 0.29) is 0 Å². The zero-order valence-electron chi connectivity index (χ0n) is 10.6. The number of hydrogen-bond donors (Lipinski definition) is 0. The summed E-state index contributed by atoms with van der Waals surface area (Å²) >= 11 is 5.87. The predicted molar refractivity (Wildman–Crippen MR) is 74.5 cm³/mol. The van der Waals surface area contributed by atoms with Gasteiger partial charge >= 0.3 is 0 Å². The summed E-state index contributed by atoms with van der Waals surface area (Å²) in [6, 6.07) is 8.01. The Labute approximate surface area is 116 Å². The Morgan fingerprint density at radius 2 is 2.21 bits per heavy atom. The third-order valence-electron chi connectivity index (χ3n) is 3.18. The van der Waals surface area contributed by atoms with Crippen LogP contribution in [0.4, 0.5) is 0 Å². The third kappa shape index (κ3) is 2.24. The van der Waals surface area contributed by atoms with Crippen LogP contribution in [0.2, 0.25) is 0 Å². The van der Waals surface area contributed by atoms with Gasteiger partial charge in [-0.2, -0.15) is 0 Å². The van der Waals surface area contributed by atoms with Crippen molar-refractivity contribution in [3.63, 3.8) is 0 Å². The molecule has 1 aromatic carbocycles. The van der Waals surface area contributed by atoms with Crippen LogP contribution < -0.4 is 0 Å². The molecule has 0 bridgehead atoms. The minimum Gasteiger partial charge on any atom is -0.364 e. The molecule has 0 saturated carbocycles. The van der Waals surface area contributed by atoms with Gasteiger partial charge < -0.3 is 9.09 Å². The molecular formula is C14H14ClN3O. The van der Waals surface area contributed by atoms with E-state index in [9.17, 15) is 0 Å². The van der Waals surface area contributed by atoms with Crippen LogP contribution in [0.15, 0.2) is 35.1 Å². The van der Waals surface area contributed by atoms with Gasteiger partial charge in [0.1, 0.15) is 17.8 Å².